The van der Waals surface area contributed by atoms with E-state index in [0.29, 0.717) is 33.1 Å². The molecule has 1 saturated carbocycles. The number of rotatable bonds is 2. The van der Waals surface area contributed by atoms with Gasteiger partial charge in [-0.2, -0.15) is 0 Å². The third-order valence-corrected chi connectivity index (χ3v) is 4.76. The highest BCUT2D eigenvalue weighted by molar-refractivity contribution is 7.80. The molecule has 1 fully saturated rings. The number of halogens is 1. The average molecular weight is 353 g/mol. The van der Waals surface area contributed by atoms with E-state index < -0.39 is 0 Å². The van der Waals surface area contributed by atoms with E-state index >= 15 is 0 Å². The van der Waals surface area contributed by atoms with E-state index in [-0.39, 0.29) is 0 Å². The molecule has 0 saturated heterocycles. The van der Waals surface area contributed by atoms with Crippen molar-refractivity contribution in [2.45, 2.75) is 18.9 Å². The summed E-state index contributed by atoms with van der Waals surface area (Å²) in [7, 11) is 0. The molecule has 2 bridgehead atoms. The van der Waals surface area contributed by atoms with Crippen LogP contribution in [-0.4, -0.2) is 16.3 Å². The van der Waals surface area contributed by atoms with Gasteiger partial charge in [0.1, 0.15) is 0 Å². The number of anilines is 1. The largest absolute Gasteiger partial charge is 0.358 e. The van der Waals surface area contributed by atoms with Crippen LogP contribution >= 0.6 is 36.0 Å². The summed E-state index contributed by atoms with van der Waals surface area (Å²) in [6, 6.07) is 7.83. The predicted molar refractivity (Wildman–Crippen MR) is 98.8 cm³/mol. The Hall–Kier alpha value is -1.37. The summed E-state index contributed by atoms with van der Waals surface area (Å²) in [5, 5.41) is 7.92. The lowest BCUT2D eigenvalue weighted by Gasteiger charge is -2.22. The fourth-order valence-electron chi connectivity index (χ4n) is 2.98. The molecule has 3 rings (SSSR count). The van der Waals surface area contributed by atoms with Crippen molar-refractivity contribution >= 4 is 51.9 Å². The highest BCUT2D eigenvalue weighted by Crippen LogP contribution is 2.38. The molecule has 0 spiro atoms. The topological polar surface area (TPSA) is 48.1 Å². The van der Waals surface area contributed by atoms with Gasteiger partial charge in [-0.15, -0.1) is 0 Å². The van der Waals surface area contributed by atoms with Gasteiger partial charge in [-0.05, 0) is 61.2 Å². The lowest BCUT2D eigenvalue weighted by Crippen LogP contribution is -2.51. The van der Waals surface area contributed by atoms with Gasteiger partial charge in [0.25, 0.3) is 0 Å². The van der Waals surface area contributed by atoms with Gasteiger partial charge in [0.2, 0.25) is 0 Å². The summed E-state index contributed by atoms with van der Waals surface area (Å²) < 4.78 is 0. The fourth-order valence-corrected chi connectivity index (χ4v) is 3.53. The number of nitrogens with one attached hydrogen (secondary N) is 4. The van der Waals surface area contributed by atoms with Gasteiger partial charge < -0.3 is 10.6 Å². The van der Waals surface area contributed by atoms with Gasteiger partial charge in [0.15, 0.2) is 10.2 Å². The molecular weight excluding hydrogens is 336 g/mol. The molecule has 4 N–H and O–H groups in total. The number of hydrazine groups is 1. The Morgan fingerprint density at radius 3 is 2.50 bits per heavy atom. The van der Waals surface area contributed by atoms with Gasteiger partial charge in [0, 0.05) is 6.04 Å². The Morgan fingerprint density at radius 2 is 1.82 bits per heavy atom. The van der Waals surface area contributed by atoms with Gasteiger partial charge >= 0.3 is 0 Å². The molecule has 1 aromatic rings. The summed E-state index contributed by atoms with van der Waals surface area (Å²) in [5.41, 5.74) is 6.52. The van der Waals surface area contributed by atoms with Crippen LogP contribution in [0.5, 0.6) is 0 Å². The van der Waals surface area contributed by atoms with E-state index in [1.807, 2.05) is 18.2 Å². The first-order valence-corrected chi connectivity index (χ1v) is 8.37. The molecule has 0 aliphatic heterocycles. The highest BCUT2D eigenvalue weighted by atomic mass is 35.5. The zero-order valence-electron chi connectivity index (χ0n) is 11.8. The number of thiocarbonyl (C=S) groups is 2. The number of hydrogen-bond donors (Lipinski definition) is 4. The molecule has 0 amide bonds. The quantitative estimate of drug-likeness (QED) is 0.373. The van der Waals surface area contributed by atoms with Gasteiger partial charge in [0.05, 0.1) is 10.7 Å². The molecule has 1 aromatic carbocycles. The lowest BCUT2D eigenvalue weighted by atomic mass is 10.0. The zero-order chi connectivity index (χ0) is 15.5. The van der Waals surface area contributed by atoms with Crippen LogP contribution in [0.25, 0.3) is 0 Å². The third kappa shape index (κ3) is 3.69. The first-order valence-electron chi connectivity index (χ1n) is 7.18. The maximum absolute atomic E-state index is 6.07. The van der Waals surface area contributed by atoms with E-state index in [1.54, 1.807) is 6.07 Å². The first kappa shape index (κ1) is 15.5. The molecule has 7 heteroatoms. The minimum Gasteiger partial charge on any atom is -0.358 e. The standard InChI is InChI=1S/C15H17ClN4S2/c16-11-3-1-2-4-12(11)17-14(21)19-20-15(22)18-13-8-9-5-6-10(13)7-9/h1-6,9-10,13H,7-8H2,(H2,17,19,21)(H2,18,20,22)/t9-,10-,13+/m0/s1. The summed E-state index contributed by atoms with van der Waals surface area (Å²) in [4.78, 5) is 0. The molecule has 3 atom stereocenters. The average Bonchev–Trinajstić information content (AvgIpc) is 3.10. The summed E-state index contributed by atoms with van der Waals surface area (Å²) in [6.07, 6.45) is 6.97. The van der Waals surface area contributed by atoms with E-state index in [4.69, 9.17) is 36.0 Å². The number of fused-ring (bicyclic) bond motifs is 2. The number of benzene rings is 1. The second kappa shape index (κ2) is 6.81. The summed E-state index contributed by atoms with van der Waals surface area (Å²) >= 11 is 16.6. The minimum atomic E-state index is 0.407. The number of hydrogen-bond acceptors (Lipinski definition) is 2. The van der Waals surface area contributed by atoms with Crippen molar-refractivity contribution in [1.82, 2.24) is 16.2 Å². The van der Waals surface area contributed by atoms with Crippen LogP contribution < -0.4 is 21.5 Å². The Labute approximate surface area is 145 Å². The summed E-state index contributed by atoms with van der Waals surface area (Å²) in [5.74, 6) is 1.30. The Morgan fingerprint density at radius 1 is 1.05 bits per heavy atom. The number of allylic oxidation sites excluding steroid dienone is 1. The Balaban J connectivity index is 1.42. The molecular formula is C15H17ClN4S2. The molecule has 0 aromatic heterocycles. The monoisotopic (exact) mass is 352 g/mol. The van der Waals surface area contributed by atoms with Crippen LogP contribution in [0.15, 0.2) is 36.4 Å². The maximum atomic E-state index is 6.07. The molecule has 116 valence electrons. The summed E-state index contributed by atoms with van der Waals surface area (Å²) in [6.45, 7) is 0. The van der Waals surface area contributed by atoms with Crippen molar-refractivity contribution in [3.05, 3.63) is 41.4 Å². The smallest absolute Gasteiger partial charge is 0.189 e. The molecule has 4 nitrogen and oxygen atoms in total. The van der Waals surface area contributed by atoms with Gasteiger partial charge in [-0.3, -0.25) is 10.9 Å². The molecule has 0 radical (unpaired) electrons. The zero-order valence-corrected chi connectivity index (χ0v) is 14.2. The highest BCUT2D eigenvalue weighted by Gasteiger charge is 2.35. The van der Waals surface area contributed by atoms with Gasteiger partial charge in [-0.25, -0.2) is 0 Å². The molecule has 22 heavy (non-hydrogen) atoms. The first-order chi connectivity index (χ1) is 10.6. The van der Waals surface area contributed by atoms with Crippen molar-refractivity contribution in [3.63, 3.8) is 0 Å². The SMILES string of the molecule is S=C(NNC(=S)N[C@@H]1C[C@H]2C=C[C@H]1C2)Nc1ccccc1Cl. The third-order valence-electron chi connectivity index (χ3n) is 4.01. The fraction of sp³-hybridized carbons (Fsp3) is 0.333. The second-order valence-corrected chi connectivity index (χ2v) is 6.77. The Kier molecular flexibility index (Phi) is 4.81. The van der Waals surface area contributed by atoms with Crippen molar-refractivity contribution in [2.75, 3.05) is 5.32 Å². The molecule has 0 heterocycles. The minimum absolute atomic E-state index is 0.407. The second-order valence-electron chi connectivity index (χ2n) is 5.54. The Bertz CT molecular complexity index is 619. The van der Waals surface area contributed by atoms with Crippen molar-refractivity contribution in [1.29, 1.82) is 0 Å². The van der Waals surface area contributed by atoms with Crippen LogP contribution in [0.2, 0.25) is 5.02 Å². The normalized spacial score (nSPS) is 24.9. The molecule has 2 aliphatic rings. The number of para-hydroxylation sites is 1. The maximum Gasteiger partial charge on any atom is 0.189 e. The lowest BCUT2D eigenvalue weighted by molar-refractivity contribution is 0.518. The van der Waals surface area contributed by atoms with Crippen LogP contribution in [0, 0.1) is 11.8 Å². The molecule has 0 unspecified atom stereocenters. The van der Waals surface area contributed by atoms with Crippen molar-refractivity contribution in [2.24, 2.45) is 11.8 Å². The molecule has 2 aliphatic carbocycles. The van der Waals surface area contributed by atoms with E-state index in [9.17, 15) is 0 Å². The van der Waals surface area contributed by atoms with E-state index in [1.165, 1.54) is 6.42 Å². The van der Waals surface area contributed by atoms with Crippen LogP contribution in [-0.2, 0) is 0 Å². The van der Waals surface area contributed by atoms with E-state index in [2.05, 4.69) is 33.6 Å². The van der Waals surface area contributed by atoms with Crippen LogP contribution in [0.3, 0.4) is 0 Å². The van der Waals surface area contributed by atoms with Crippen molar-refractivity contribution < 1.29 is 0 Å². The van der Waals surface area contributed by atoms with Gasteiger partial charge in [-0.1, -0.05) is 35.9 Å². The van der Waals surface area contributed by atoms with Crippen LogP contribution in [0.4, 0.5) is 5.69 Å². The van der Waals surface area contributed by atoms with E-state index in [0.717, 1.165) is 12.1 Å². The van der Waals surface area contributed by atoms with Crippen LogP contribution in [0.1, 0.15) is 12.8 Å². The van der Waals surface area contributed by atoms with Crippen molar-refractivity contribution in [3.8, 4) is 0 Å². The predicted octanol–water partition coefficient (Wildman–Crippen LogP) is 2.97.